The van der Waals surface area contributed by atoms with Crippen LogP contribution in [0.3, 0.4) is 0 Å². The van der Waals surface area contributed by atoms with Crippen LogP contribution in [-0.4, -0.2) is 122 Å². The molecule has 2 aromatic carbocycles. The Bertz CT molecular complexity index is 1930. The van der Waals surface area contributed by atoms with Gasteiger partial charge in [-0.05, 0) is 13.0 Å². The van der Waals surface area contributed by atoms with Crippen LogP contribution in [0.15, 0.2) is 34.9 Å². The molecule has 6 rings (SSSR count). The number of nitrogens with two attached hydrogens (primary N) is 2. The number of carbonyl (C=O) groups is 4. The van der Waals surface area contributed by atoms with Gasteiger partial charge in [-0.2, -0.15) is 0 Å². The lowest BCUT2D eigenvalue weighted by atomic mass is 9.72. The molecule has 19 heteroatoms. The van der Waals surface area contributed by atoms with Gasteiger partial charge in [0.1, 0.15) is 29.5 Å². The lowest BCUT2D eigenvalue weighted by Crippen LogP contribution is -2.53. The first-order valence-corrected chi connectivity index (χ1v) is 15.9. The summed E-state index contributed by atoms with van der Waals surface area (Å²) >= 11 is 0. The van der Waals surface area contributed by atoms with Gasteiger partial charge in [-0.25, -0.2) is 4.98 Å². The van der Waals surface area contributed by atoms with Crippen molar-refractivity contribution in [2.24, 2.45) is 21.8 Å². The number of aliphatic hydroxyl groups excluding tert-OH is 2. The van der Waals surface area contributed by atoms with Crippen molar-refractivity contribution in [3.8, 4) is 17.2 Å². The minimum absolute atomic E-state index is 0.0173. The molecular formula is C33H39N7O12. The molecule has 0 spiro atoms. The summed E-state index contributed by atoms with van der Waals surface area (Å²) in [7, 11) is 4.75. The van der Waals surface area contributed by atoms with E-state index in [4.69, 9.17) is 25.7 Å². The average Bonchev–Trinajstić information content (AvgIpc) is 3.59. The summed E-state index contributed by atoms with van der Waals surface area (Å²) in [5, 5.41) is 62.6. The molecule has 1 fully saturated rings. The molecule has 1 aromatic heterocycles. The molecular weight excluding hydrogens is 686 g/mol. The van der Waals surface area contributed by atoms with E-state index in [1.165, 1.54) is 36.6 Å². The van der Waals surface area contributed by atoms with Crippen molar-refractivity contribution in [3.05, 3.63) is 63.6 Å². The Morgan fingerprint density at radius 3 is 2.46 bits per heavy atom. The third-order valence-electron chi connectivity index (χ3n) is 8.98. The Kier molecular flexibility index (Phi) is 10.8. The Balaban J connectivity index is 0.000000340. The quantitative estimate of drug-likeness (QED) is 0.0677. The van der Waals surface area contributed by atoms with Crippen molar-refractivity contribution in [2.75, 3.05) is 27.8 Å². The van der Waals surface area contributed by atoms with E-state index in [0.717, 1.165) is 0 Å². The third kappa shape index (κ3) is 6.84. The Morgan fingerprint density at radius 1 is 1.15 bits per heavy atom. The average molecular weight is 726 g/mol. The van der Waals surface area contributed by atoms with Gasteiger partial charge >= 0.3 is 0 Å². The molecule has 0 radical (unpaired) electrons. The van der Waals surface area contributed by atoms with E-state index in [9.17, 15) is 44.7 Å². The normalized spacial score (nSPS) is 25.0. The van der Waals surface area contributed by atoms with Crippen LogP contribution >= 0.6 is 0 Å². The number of hydrogen-bond donors (Lipinski definition) is 8. The number of imidazole rings is 1. The maximum absolute atomic E-state index is 13.6. The standard InChI is InChI=1S/C27H29NO11.C6H10N6O/c1-10-22(31)13(28)6-17(38-10)39-15-8-27(36,16(30)9-29)7-12-19(15)26(35)21-20(24(12)33)23(32)11-4-3-5-14(37-2)18(11)25(21)34;1-12(2)11-10-6-4(5(7)13)8-3-9-6/h3-5,10,13,15,17,22,29,31,33,35-36H,6-9,28H2,1-2H3;3H,1-2H3,(H2,7,13)(H,8,9)/b;11-10+/t10-,13-,15-,17-,22+,27-;/m0./s1. The van der Waals surface area contributed by atoms with E-state index < -0.39 is 102 Å². The second-order valence-electron chi connectivity index (χ2n) is 12.7. The maximum atomic E-state index is 13.6. The van der Waals surface area contributed by atoms with Gasteiger partial charge in [0.15, 0.2) is 29.4 Å². The van der Waals surface area contributed by atoms with Gasteiger partial charge in [0.25, 0.3) is 5.91 Å². The van der Waals surface area contributed by atoms with Crippen LogP contribution < -0.4 is 16.2 Å². The molecule has 52 heavy (non-hydrogen) atoms. The number of phenols is 2. The van der Waals surface area contributed by atoms with Gasteiger partial charge in [-0.3, -0.25) is 24.2 Å². The fourth-order valence-corrected chi connectivity index (χ4v) is 6.43. The van der Waals surface area contributed by atoms with E-state index >= 15 is 0 Å². The molecule has 0 saturated carbocycles. The molecule has 278 valence electrons. The number of ether oxygens (including phenoxy) is 3. The van der Waals surface area contributed by atoms with Crippen LogP contribution in [0.2, 0.25) is 0 Å². The van der Waals surface area contributed by atoms with Crippen molar-refractivity contribution in [3.63, 3.8) is 0 Å². The predicted molar refractivity (Wildman–Crippen MR) is 177 cm³/mol. The van der Waals surface area contributed by atoms with Gasteiger partial charge in [-0.1, -0.05) is 17.4 Å². The van der Waals surface area contributed by atoms with Crippen LogP contribution in [-0.2, 0) is 20.7 Å². The van der Waals surface area contributed by atoms with E-state index in [-0.39, 0.29) is 45.9 Å². The van der Waals surface area contributed by atoms with Gasteiger partial charge in [0, 0.05) is 56.1 Å². The summed E-state index contributed by atoms with van der Waals surface area (Å²) in [5.74, 6) is -4.14. The fraction of sp³-hybridized carbons (Fsp3) is 0.424. The Hall–Kier alpha value is -5.31. The first kappa shape index (κ1) is 37.9. The number of ketones is 3. The third-order valence-corrected chi connectivity index (χ3v) is 8.98. The highest BCUT2D eigenvalue weighted by Gasteiger charge is 2.50. The van der Waals surface area contributed by atoms with Crippen molar-refractivity contribution in [2.45, 2.75) is 62.4 Å². The molecule has 6 atom stereocenters. The first-order valence-electron chi connectivity index (χ1n) is 15.9. The number of methoxy groups -OCH3 is 1. The van der Waals surface area contributed by atoms with E-state index in [2.05, 4.69) is 20.3 Å². The number of phenolic OH excluding ortho intramolecular Hbond substituents is 2. The number of H-pyrrole nitrogens is 1. The molecule has 1 amide bonds. The molecule has 0 bridgehead atoms. The maximum Gasteiger partial charge on any atom is 0.271 e. The summed E-state index contributed by atoms with van der Waals surface area (Å²) in [4.78, 5) is 56.8. The summed E-state index contributed by atoms with van der Waals surface area (Å²) in [6, 6.07) is 3.64. The molecule has 1 aliphatic heterocycles. The number of benzene rings is 2. The summed E-state index contributed by atoms with van der Waals surface area (Å²) < 4.78 is 17.0. The van der Waals surface area contributed by atoms with E-state index in [1.54, 1.807) is 21.0 Å². The smallest absolute Gasteiger partial charge is 0.271 e. The van der Waals surface area contributed by atoms with Crippen molar-refractivity contribution < 1.29 is 58.9 Å². The Labute approximate surface area is 295 Å². The summed E-state index contributed by atoms with van der Waals surface area (Å²) in [6.07, 6.45) is -3.79. The van der Waals surface area contributed by atoms with Crippen molar-refractivity contribution in [1.82, 2.24) is 15.0 Å². The lowest BCUT2D eigenvalue weighted by molar-refractivity contribution is -0.247. The molecule has 0 unspecified atom stereocenters. The molecule has 3 aliphatic rings. The largest absolute Gasteiger partial charge is 0.507 e. The number of hydrogen-bond acceptors (Lipinski definition) is 16. The lowest BCUT2D eigenvalue weighted by Gasteiger charge is -2.42. The number of aromatic nitrogens is 2. The highest BCUT2D eigenvalue weighted by Crippen LogP contribution is 2.52. The van der Waals surface area contributed by atoms with Crippen LogP contribution in [0.5, 0.6) is 17.2 Å². The molecule has 3 aromatic rings. The van der Waals surface area contributed by atoms with Gasteiger partial charge in [0.2, 0.25) is 5.78 Å². The van der Waals surface area contributed by atoms with Crippen LogP contribution in [0.25, 0.3) is 0 Å². The number of Topliss-reactive ketones (excluding diaryl/α,β-unsaturated/α-hetero) is 1. The number of primary amides is 1. The van der Waals surface area contributed by atoms with Crippen LogP contribution in [0.1, 0.15) is 79.3 Å². The minimum atomic E-state index is -2.24. The number of amides is 1. The molecule has 10 N–H and O–H groups in total. The highest BCUT2D eigenvalue weighted by molar-refractivity contribution is 6.31. The number of aromatic hydroxyl groups is 2. The number of nitrogens with zero attached hydrogens (tertiary/aromatic N) is 4. The Morgan fingerprint density at radius 2 is 1.85 bits per heavy atom. The second kappa shape index (κ2) is 14.7. The number of carbonyl (C=O) groups excluding carboxylic acids is 4. The van der Waals surface area contributed by atoms with Crippen LogP contribution in [0, 0.1) is 0 Å². The number of aliphatic hydroxyl groups is 3. The van der Waals surface area contributed by atoms with E-state index in [0.29, 0.717) is 0 Å². The zero-order chi connectivity index (χ0) is 38.2. The zero-order valence-corrected chi connectivity index (χ0v) is 28.6. The minimum Gasteiger partial charge on any atom is -0.507 e. The van der Waals surface area contributed by atoms with Gasteiger partial charge in [0.05, 0.1) is 48.4 Å². The fourth-order valence-electron chi connectivity index (χ4n) is 6.43. The van der Waals surface area contributed by atoms with Crippen molar-refractivity contribution >= 4 is 29.1 Å². The monoisotopic (exact) mass is 725 g/mol. The molecule has 19 nitrogen and oxygen atoms in total. The second-order valence-corrected chi connectivity index (χ2v) is 12.7. The van der Waals surface area contributed by atoms with Crippen LogP contribution in [0.4, 0.5) is 5.82 Å². The summed E-state index contributed by atoms with van der Waals surface area (Å²) in [5.41, 5.74) is 7.49. The highest BCUT2D eigenvalue weighted by atomic mass is 16.7. The number of nitrogens with one attached hydrogen (secondary N) is 1. The van der Waals surface area contributed by atoms with Gasteiger partial charge in [-0.15, -0.1) is 5.11 Å². The zero-order valence-electron chi connectivity index (χ0n) is 28.6. The summed E-state index contributed by atoms with van der Waals surface area (Å²) in [6.45, 7) is 0.560. The van der Waals surface area contributed by atoms with Gasteiger partial charge < -0.3 is 56.2 Å². The van der Waals surface area contributed by atoms with Crippen molar-refractivity contribution in [1.29, 1.82) is 0 Å². The van der Waals surface area contributed by atoms with E-state index in [1.807, 2.05) is 0 Å². The molecule has 2 aliphatic carbocycles. The SMILES string of the molecule is CN(C)/N=N/c1[nH]cnc1C(N)=O.COc1cccc2c1C(=O)c1c(O)c3c(c(O)c1C2=O)C[C@@](O)(C(=O)CO)C[C@@H]3O[C@H]1C[C@H](N)[C@H](O)[C@H](C)O1. The molecule has 1 saturated heterocycles. The number of aromatic amines is 1. The number of rotatable bonds is 8. The molecule has 2 heterocycles. The first-order chi connectivity index (χ1) is 24.5. The number of fused-ring (bicyclic) bond motifs is 3. The topological polar surface area (TPSA) is 306 Å². The predicted octanol–water partition coefficient (Wildman–Crippen LogP) is 0.0702.